The van der Waals surface area contributed by atoms with Gasteiger partial charge < -0.3 is 10.1 Å². The molecule has 4 heteroatoms. The van der Waals surface area contributed by atoms with Crippen LogP contribution >= 0.6 is 0 Å². The summed E-state index contributed by atoms with van der Waals surface area (Å²) in [4.78, 5) is 8.41. The maximum Gasteiger partial charge on any atom is 0.126 e. The topological polar surface area (TPSA) is 47.0 Å². The summed E-state index contributed by atoms with van der Waals surface area (Å²) in [6.07, 6.45) is 6.21. The molecule has 2 aromatic heterocycles. The monoisotopic (exact) mass is 257 g/mol. The maximum atomic E-state index is 5.82. The molecule has 0 radical (unpaired) electrons. The van der Waals surface area contributed by atoms with Gasteiger partial charge in [0.25, 0.3) is 0 Å². The molecule has 1 N–H and O–H groups in total. The van der Waals surface area contributed by atoms with Crippen molar-refractivity contribution in [1.82, 2.24) is 15.3 Å². The molecule has 0 amide bonds. The van der Waals surface area contributed by atoms with Crippen molar-refractivity contribution in [2.24, 2.45) is 0 Å². The molecule has 0 unspecified atom stereocenters. The fraction of sp³-hybridized carbons (Fsp3) is 0.333. The van der Waals surface area contributed by atoms with E-state index < -0.39 is 0 Å². The molecule has 19 heavy (non-hydrogen) atoms. The predicted molar refractivity (Wildman–Crippen MR) is 75.1 cm³/mol. The van der Waals surface area contributed by atoms with Crippen molar-refractivity contribution >= 4 is 0 Å². The Kier molecular flexibility index (Phi) is 5.31. The van der Waals surface area contributed by atoms with Crippen LogP contribution in [-0.2, 0) is 13.0 Å². The van der Waals surface area contributed by atoms with Crippen LogP contribution in [0.25, 0.3) is 0 Å². The molecule has 2 heterocycles. The molecule has 0 atom stereocenters. The van der Waals surface area contributed by atoms with Gasteiger partial charge in [0, 0.05) is 42.8 Å². The smallest absolute Gasteiger partial charge is 0.126 e. The van der Waals surface area contributed by atoms with Crippen LogP contribution in [0, 0.1) is 0 Å². The molecule has 0 bridgehead atoms. The summed E-state index contributed by atoms with van der Waals surface area (Å²) in [5.41, 5.74) is 2.13. The van der Waals surface area contributed by atoms with Gasteiger partial charge in [-0.1, -0.05) is 13.0 Å². The van der Waals surface area contributed by atoms with Crippen molar-refractivity contribution in [3.8, 4) is 5.75 Å². The number of pyridine rings is 2. The number of aromatic nitrogens is 2. The van der Waals surface area contributed by atoms with E-state index in [-0.39, 0.29) is 0 Å². The highest BCUT2D eigenvalue weighted by molar-refractivity contribution is 5.30. The van der Waals surface area contributed by atoms with E-state index in [1.54, 1.807) is 12.4 Å². The van der Waals surface area contributed by atoms with Gasteiger partial charge in [0.05, 0.1) is 6.61 Å². The highest BCUT2D eigenvalue weighted by Gasteiger charge is 2.03. The Morgan fingerprint density at radius 1 is 1.21 bits per heavy atom. The molecule has 0 fully saturated rings. The van der Waals surface area contributed by atoms with Crippen molar-refractivity contribution in [1.29, 1.82) is 0 Å². The van der Waals surface area contributed by atoms with Crippen molar-refractivity contribution in [2.45, 2.75) is 19.9 Å². The number of ether oxygens (including phenoxy) is 1. The van der Waals surface area contributed by atoms with Gasteiger partial charge in [-0.05, 0) is 24.7 Å². The Balaban J connectivity index is 1.88. The Hall–Kier alpha value is -1.94. The van der Waals surface area contributed by atoms with Crippen LogP contribution in [0.1, 0.15) is 18.2 Å². The number of nitrogens with zero attached hydrogens (tertiary/aromatic N) is 2. The van der Waals surface area contributed by atoms with Crippen molar-refractivity contribution < 1.29 is 4.74 Å². The molecule has 2 rings (SSSR count). The summed E-state index contributed by atoms with van der Waals surface area (Å²) in [7, 11) is 0. The van der Waals surface area contributed by atoms with E-state index in [4.69, 9.17) is 4.74 Å². The molecule has 0 aliphatic heterocycles. The molecule has 4 nitrogen and oxygen atoms in total. The number of rotatable bonds is 7. The lowest BCUT2D eigenvalue weighted by molar-refractivity contribution is 0.316. The number of hydrogen-bond donors (Lipinski definition) is 1. The normalized spacial score (nSPS) is 10.4. The van der Waals surface area contributed by atoms with Gasteiger partial charge in [-0.2, -0.15) is 0 Å². The Labute approximate surface area is 113 Å². The highest BCUT2D eigenvalue weighted by Crippen LogP contribution is 2.16. The molecular weight excluding hydrogens is 238 g/mol. The lowest BCUT2D eigenvalue weighted by atomic mass is 10.2. The van der Waals surface area contributed by atoms with E-state index >= 15 is 0 Å². The molecule has 0 saturated heterocycles. The first kappa shape index (κ1) is 13.5. The molecular formula is C15H19N3O. The molecule has 0 aliphatic rings. The molecule has 100 valence electrons. The van der Waals surface area contributed by atoms with Crippen molar-refractivity contribution in [3.05, 3.63) is 54.1 Å². The standard InChI is InChI=1S/C15H19N3O/c1-2-16-11-13-12-17-9-6-15(13)19-10-7-14-5-3-4-8-18-14/h3-6,8-9,12,16H,2,7,10-11H2,1H3. The summed E-state index contributed by atoms with van der Waals surface area (Å²) in [6.45, 7) is 4.42. The zero-order valence-corrected chi connectivity index (χ0v) is 11.2. The van der Waals surface area contributed by atoms with Crippen molar-refractivity contribution in [2.75, 3.05) is 13.2 Å². The maximum absolute atomic E-state index is 5.82. The minimum Gasteiger partial charge on any atom is -0.493 e. The summed E-state index contributed by atoms with van der Waals surface area (Å²) in [5.74, 6) is 0.895. The van der Waals surface area contributed by atoms with E-state index in [0.717, 1.165) is 36.5 Å². The second-order valence-corrected chi connectivity index (χ2v) is 4.18. The quantitative estimate of drug-likeness (QED) is 0.826. The first-order valence-corrected chi connectivity index (χ1v) is 6.56. The number of nitrogens with one attached hydrogen (secondary N) is 1. The molecule has 0 saturated carbocycles. The van der Waals surface area contributed by atoms with Crippen LogP contribution < -0.4 is 10.1 Å². The summed E-state index contributed by atoms with van der Waals surface area (Å²) in [5, 5.41) is 3.28. The average molecular weight is 257 g/mol. The van der Waals surface area contributed by atoms with Crippen LogP contribution in [0.15, 0.2) is 42.9 Å². The van der Waals surface area contributed by atoms with E-state index in [1.807, 2.05) is 30.5 Å². The van der Waals surface area contributed by atoms with Crippen LogP contribution in [0.2, 0.25) is 0 Å². The van der Waals surface area contributed by atoms with Gasteiger partial charge in [-0.25, -0.2) is 0 Å². The second-order valence-electron chi connectivity index (χ2n) is 4.18. The first-order chi connectivity index (χ1) is 9.40. The lowest BCUT2D eigenvalue weighted by Gasteiger charge is -2.11. The molecule has 0 spiro atoms. The van der Waals surface area contributed by atoms with Gasteiger partial charge >= 0.3 is 0 Å². The second kappa shape index (κ2) is 7.48. The number of hydrogen-bond acceptors (Lipinski definition) is 4. The summed E-state index contributed by atoms with van der Waals surface area (Å²) < 4.78 is 5.82. The zero-order valence-electron chi connectivity index (χ0n) is 11.2. The van der Waals surface area contributed by atoms with Gasteiger partial charge in [0.1, 0.15) is 5.75 Å². The Morgan fingerprint density at radius 2 is 2.16 bits per heavy atom. The minimum atomic E-state index is 0.625. The minimum absolute atomic E-state index is 0.625. The summed E-state index contributed by atoms with van der Waals surface area (Å²) >= 11 is 0. The van der Waals surface area contributed by atoms with Crippen LogP contribution in [0.4, 0.5) is 0 Å². The predicted octanol–water partition coefficient (Wildman–Crippen LogP) is 2.21. The zero-order chi connectivity index (χ0) is 13.3. The molecule has 0 aliphatic carbocycles. The van der Waals surface area contributed by atoms with E-state index in [2.05, 4.69) is 22.2 Å². The highest BCUT2D eigenvalue weighted by atomic mass is 16.5. The van der Waals surface area contributed by atoms with E-state index in [1.165, 1.54) is 0 Å². The van der Waals surface area contributed by atoms with Crippen molar-refractivity contribution in [3.63, 3.8) is 0 Å². The Bertz CT molecular complexity index is 488. The average Bonchev–Trinajstić information content (AvgIpc) is 2.47. The molecule has 0 aromatic carbocycles. The fourth-order valence-corrected chi connectivity index (χ4v) is 1.76. The van der Waals surface area contributed by atoms with Gasteiger partial charge in [-0.15, -0.1) is 0 Å². The SMILES string of the molecule is CCNCc1cnccc1OCCc1ccccn1. The van der Waals surface area contributed by atoms with Crippen LogP contribution in [-0.4, -0.2) is 23.1 Å². The third kappa shape index (κ3) is 4.34. The Morgan fingerprint density at radius 3 is 2.95 bits per heavy atom. The largest absolute Gasteiger partial charge is 0.493 e. The van der Waals surface area contributed by atoms with Crippen LogP contribution in [0.3, 0.4) is 0 Å². The van der Waals surface area contributed by atoms with E-state index in [0.29, 0.717) is 6.61 Å². The third-order valence-electron chi connectivity index (χ3n) is 2.77. The lowest BCUT2D eigenvalue weighted by Crippen LogP contribution is -2.13. The van der Waals surface area contributed by atoms with Crippen LogP contribution in [0.5, 0.6) is 5.75 Å². The third-order valence-corrected chi connectivity index (χ3v) is 2.77. The van der Waals surface area contributed by atoms with E-state index in [9.17, 15) is 0 Å². The fourth-order valence-electron chi connectivity index (χ4n) is 1.76. The van der Waals surface area contributed by atoms with Gasteiger partial charge in [0.15, 0.2) is 0 Å². The van der Waals surface area contributed by atoms with Gasteiger partial charge in [0.2, 0.25) is 0 Å². The molecule has 2 aromatic rings. The first-order valence-electron chi connectivity index (χ1n) is 6.56. The van der Waals surface area contributed by atoms with Gasteiger partial charge in [-0.3, -0.25) is 9.97 Å². The summed E-state index contributed by atoms with van der Waals surface area (Å²) in [6, 6.07) is 7.83.